The molecule has 0 saturated heterocycles. The molecule has 2 heteroatoms. The van der Waals surface area contributed by atoms with Crippen LogP contribution in [0.4, 0.5) is 0 Å². The van der Waals surface area contributed by atoms with Gasteiger partial charge in [0.1, 0.15) is 0 Å². The minimum atomic E-state index is -0.372. The molecule has 0 amide bonds. The molecule has 0 fully saturated rings. The molecule has 1 aromatic carbocycles. The predicted molar refractivity (Wildman–Crippen MR) is 57.2 cm³/mol. The minimum absolute atomic E-state index is 0.372. The summed E-state index contributed by atoms with van der Waals surface area (Å²) in [5.74, 6) is 0. The molecule has 1 N–H and O–H groups in total. The molecule has 1 nitrogen and oxygen atoms in total. The lowest BCUT2D eigenvalue weighted by Crippen LogP contribution is -1.89. The van der Waals surface area contributed by atoms with Crippen LogP contribution in [0.15, 0.2) is 23.6 Å². The number of rotatable bonds is 1. The maximum atomic E-state index is 9.41. The van der Waals surface area contributed by atoms with Crippen LogP contribution in [0.3, 0.4) is 0 Å². The highest BCUT2D eigenvalue weighted by atomic mass is 32.1. The highest BCUT2D eigenvalue weighted by molar-refractivity contribution is 7.17. The molecule has 0 spiro atoms. The van der Waals surface area contributed by atoms with Gasteiger partial charge in [0, 0.05) is 4.70 Å². The second-order valence-electron chi connectivity index (χ2n) is 3.35. The molecular weight excluding hydrogens is 180 g/mol. The number of hydrogen-bond donors (Lipinski definition) is 1. The molecular formula is C11H12OS. The summed E-state index contributed by atoms with van der Waals surface area (Å²) in [7, 11) is 0. The van der Waals surface area contributed by atoms with Crippen LogP contribution in [0.25, 0.3) is 10.1 Å². The topological polar surface area (TPSA) is 20.2 Å². The molecule has 1 aromatic heterocycles. The summed E-state index contributed by atoms with van der Waals surface area (Å²) in [6.07, 6.45) is -0.372. The zero-order valence-electron chi connectivity index (χ0n) is 7.74. The monoisotopic (exact) mass is 192 g/mol. The predicted octanol–water partition coefficient (Wildman–Crippen LogP) is 3.26. The Labute approximate surface area is 81.6 Å². The van der Waals surface area contributed by atoms with Gasteiger partial charge in [-0.2, -0.15) is 0 Å². The van der Waals surface area contributed by atoms with E-state index >= 15 is 0 Å². The van der Waals surface area contributed by atoms with Gasteiger partial charge in [0.15, 0.2) is 0 Å². The Morgan fingerprint density at radius 2 is 2.15 bits per heavy atom. The number of thiophene rings is 1. The molecule has 1 atom stereocenters. The lowest BCUT2D eigenvalue weighted by Gasteiger charge is -2.04. The van der Waals surface area contributed by atoms with Crippen molar-refractivity contribution in [1.29, 1.82) is 0 Å². The van der Waals surface area contributed by atoms with Gasteiger partial charge in [0.2, 0.25) is 0 Å². The SMILES string of the molecule is Cc1csc2ccc(C(C)O)cc12. The average Bonchev–Trinajstić information content (AvgIpc) is 2.47. The fourth-order valence-electron chi connectivity index (χ4n) is 1.43. The van der Waals surface area contributed by atoms with Gasteiger partial charge in [-0.1, -0.05) is 6.07 Å². The average molecular weight is 192 g/mol. The van der Waals surface area contributed by atoms with Crippen molar-refractivity contribution in [3.8, 4) is 0 Å². The van der Waals surface area contributed by atoms with E-state index in [-0.39, 0.29) is 6.10 Å². The number of hydrogen-bond acceptors (Lipinski definition) is 2. The number of aliphatic hydroxyl groups excluding tert-OH is 1. The van der Waals surface area contributed by atoms with Crippen molar-refractivity contribution >= 4 is 21.4 Å². The Kier molecular flexibility index (Phi) is 2.10. The van der Waals surface area contributed by atoms with Gasteiger partial charge >= 0.3 is 0 Å². The van der Waals surface area contributed by atoms with Crippen LogP contribution in [-0.2, 0) is 0 Å². The fraction of sp³-hybridized carbons (Fsp3) is 0.273. The van der Waals surface area contributed by atoms with Crippen LogP contribution in [0.5, 0.6) is 0 Å². The van der Waals surface area contributed by atoms with E-state index in [1.807, 2.05) is 6.07 Å². The molecule has 1 heterocycles. The Morgan fingerprint density at radius 3 is 2.85 bits per heavy atom. The van der Waals surface area contributed by atoms with Crippen molar-refractivity contribution in [2.75, 3.05) is 0 Å². The van der Waals surface area contributed by atoms with Crippen LogP contribution in [0, 0.1) is 6.92 Å². The molecule has 1 unspecified atom stereocenters. The van der Waals surface area contributed by atoms with E-state index in [4.69, 9.17) is 0 Å². The molecule has 0 aliphatic heterocycles. The molecule has 0 aliphatic carbocycles. The van der Waals surface area contributed by atoms with Crippen LogP contribution >= 0.6 is 11.3 Å². The van der Waals surface area contributed by atoms with E-state index in [1.54, 1.807) is 18.3 Å². The standard InChI is InChI=1S/C11H12OS/c1-7-6-13-11-4-3-9(8(2)12)5-10(7)11/h3-6,8,12H,1-2H3. The van der Waals surface area contributed by atoms with Gasteiger partial charge in [0.05, 0.1) is 6.10 Å². The Hall–Kier alpha value is -0.860. The second kappa shape index (κ2) is 3.13. The van der Waals surface area contributed by atoms with Gasteiger partial charge in [-0.05, 0) is 47.9 Å². The first-order valence-electron chi connectivity index (χ1n) is 4.34. The third-order valence-corrected chi connectivity index (χ3v) is 3.35. The highest BCUT2D eigenvalue weighted by Crippen LogP contribution is 2.27. The maximum Gasteiger partial charge on any atom is 0.0762 e. The zero-order valence-corrected chi connectivity index (χ0v) is 8.56. The lowest BCUT2D eigenvalue weighted by atomic mass is 10.1. The van der Waals surface area contributed by atoms with E-state index < -0.39 is 0 Å². The fourth-order valence-corrected chi connectivity index (χ4v) is 2.36. The molecule has 0 aliphatic rings. The Bertz CT molecular complexity index is 429. The first kappa shape index (κ1) is 8.73. The van der Waals surface area contributed by atoms with Crippen LogP contribution in [0.1, 0.15) is 24.2 Å². The van der Waals surface area contributed by atoms with Gasteiger partial charge in [0.25, 0.3) is 0 Å². The van der Waals surface area contributed by atoms with Gasteiger partial charge in [-0.15, -0.1) is 11.3 Å². The molecule has 2 rings (SSSR count). The quantitative estimate of drug-likeness (QED) is 0.735. The van der Waals surface area contributed by atoms with Crippen molar-refractivity contribution in [3.63, 3.8) is 0 Å². The summed E-state index contributed by atoms with van der Waals surface area (Å²) in [5, 5.41) is 12.8. The third kappa shape index (κ3) is 1.47. The van der Waals surface area contributed by atoms with Crippen LogP contribution < -0.4 is 0 Å². The summed E-state index contributed by atoms with van der Waals surface area (Å²) >= 11 is 1.75. The Morgan fingerprint density at radius 1 is 1.38 bits per heavy atom. The zero-order chi connectivity index (χ0) is 9.42. The van der Waals surface area contributed by atoms with E-state index in [2.05, 4.69) is 24.4 Å². The number of aliphatic hydroxyl groups is 1. The normalized spacial score (nSPS) is 13.5. The van der Waals surface area contributed by atoms with Crippen molar-refractivity contribution in [2.24, 2.45) is 0 Å². The smallest absolute Gasteiger partial charge is 0.0762 e. The highest BCUT2D eigenvalue weighted by Gasteiger charge is 2.04. The molecule has 0 radical (unpaired) electrons. The molecule has 0 saturated carbocycles. The third-order valence-electron chi connectivity index (χ3n) is 2.27. The first-order valence-corrected chi connectivity index (χ1v) is 5.22. The molecule has 0 bridgehead atoms. The van der Waals surface area contributed by atoms with E-state index in [9.17, 15) is 5.11 Å². The minimum Gasteiger partial charge on any atom is -0.389 e. The largest absolute Gasteiger partial charge is 0.389 e. The van der Waals surface area contributed by atoms with Gasteiger partial charge < -0.3 is 5.11 Å². The first-order chi connectivity index (χ1) is 6.18. The number of aryl methyl sites for hydroxylation is 1. The Balaban J connectivity index is 2.66. The number of benzene rings is 1. The van der Waals surface area contributed by atoms with Crippen molar-refractivity contribution in [2.45, 2.75) is 20.0 Å². The molecule has 2 aromatic rings. The van der Waals surface area contributed by atoms with Crippen LogP contribution in [-0.4, -0.2) is 5.11 Å². The summed E-state index contributed by atoms with van der Waals surface area (Å²) < 4.78 is 1.29. The van der Waals surface area contributed by atoms with Gasteiger partial charge in [-0.25, -0.2) is 0 Å². The maximum absolute atomic E-state index is 9.41. The van der Waals surface area contributed by atoms with Gasteiger partial charge in [-0.3, -0.25) is 0 Å². The van der Waals surface area contributed by atoms with Crippen molar-refractivity contribution in [3.05, 3.63) is 34.7 Å². The summed E-state index contributed by atoms with van der Waals surface area (Å²) in [4.78, 5) is 0. The summed E-state index contributed by atoms with van der Waals surface area (Å²) in [5.41, 5.74) is 2.29. The van der Waals surface area contributed by atoms with E-state index in [0.717, 1.165) is 5.56 Å². The molecule has 13 heavy (non-hydrogen) atoms. The molecule has 68 valence electrons. The van der Waals surface area contributed by atoms with Crippen molar-refractivity contribution in [1.82, 2.24) is 0 Å². The summed E-state index contributed by atoms with van der Waals surface area (Å²) in [6.45, 7) is 3.90. The van der Waals surface area contributed by atoms with Crippen molar-refractivity contribution < 1.29 is 5.11 Å². The van der Waals surface area contributed by atoms with E-state index in [1.165, 1.54) is 15.6 Å². The second-order valence-corrected chi connectivity index (χ2v) is 4.26. The van der Waals surface area contributed by atoms with E-state index in [0.29, 0.717) is 0 Å². The van der Waals surface area contributed by atoms with Crippen LogP contribution in [0.2, 0.25) is 0 Å². The lowest BCUT2D eigenvalue weighted by molar-refractivity contribution is 0.199. The summed E-state index contributed by atoms with van der Waals surface area (Å²) in [6, 6.07) is 6.14. The number of fused-ring (bicyclic) bond motifs is 1.